The zero-order valence-electron chi connectivity index (χ0n) is 7.02. The van der Waals surface area contributed by atoms with Gasteiger partial charge in [-0.25, -0.2) is 0 Å². The third kappa shape index (κ3) is 5.29. The maximum Gasteiger partial charge on any atom is 0.0276 e. The predicted molar refractivity (Wildman–Crippen MR) is 47.6 cm³/mol. The summed E-state index contributed by atoms with van der Waals surface area (Å²) >= 11 is 0. The summed E-state index contributed by atoms with van der Waals surface area (Å²) in [6, 6.07) is 0. The largest absolute Gasteiger partial charge is 0.297 e. The highest BCUT2D eigenvalue weighted by Crippen LogP contribution is 1.93. The third-order valence-electron chi connectivity index (χ3n) is 1.20. The topological polar surface area (TPSA) is 12.4 Å². The fourth-order valence-corrected chi connectivity index (χ4v) is 0.522. The van der Waals surface area contributed by atoms with Gasteiger partial charge in [0.1, 0.15) is 0 Å². The highest BCUT2D eigenvalue weighted by atomic mass is 14.7. The molecular weight excluding hydrogens is 122 g/mol. The zero-order chi connectivity index (χ0) is 7.98. The van der Waals surface area contributed by atoms with Gasteiger partial charge in [0, 0.05) is 19.2 Å². The van der Waals surface area contributed by atoms with Crippen LogP contribution in [0.2, 0.25) is 0 Å². The van der Waals surface area contributed by atoms with Gasteiger partial charge in [-0.2, -0.15) is 0 Å². The van der Waals surface area contributed by atoms with E-state index < -0.39 is 0 Å². The first-order valence-corrected chi connectivity index (χ1v) is 3.41. The smallest absolute Gasteiger partial charge is 0.0276 e. The van der Waals surface area contributed by atoms with Crippen LogP contribution in [0.25, 0.3) is 0 Å². The van der Waals surface area contributed by atoms with Crippen molar-refractivity contribution < 1.29 is 0 Å². The van der Waals surface area contributed by atoms with Crippen molar-refractivity contribution in [3.63, 3.8) is 0 Å². The van der Waals surface area contributed by atoms with E-state index in [1.54, 1.807) is 0 Å². The van der Waals surface area contributed by atoms with Crippen LogP contribution in [0.1, 0.15) is 20.3 Å². The SMILES string of the molecule is C=C(C)C=CCC(C)=NC. The number of aliphatic imine (C=N–C) groups is 1. The molecule has 0 bridgehead atoms. The lowest BCUT2D eigenvalue weighted by Gasteiger charge is -1.90. The first-order chi connectivity index (χ1) is 4.66. The van der Waals surface area contributed by atoms with Crippen molar-refractivity contribution in [2.75, 3.05) is 7.05 Å². The van der Waals surface area contributed by atoms with Crippen LogP contribution in [0.5, 0.6) is 0 Å². The Morgan fingerprint density at radius 2 is 2.10 bits per heavy atom. The van der Waals surface area contributed by atoms with Crippen molar-refractivity contribution in [3.05, 3.63) is 24.3 Å². The van der Waals surface area contributed by atoms with E-state index in [2.05, 4.69) is 17.6 Å². The van der Waals surface area contributed by atoms with Gasteiger partial charge in [-0.15, -0.1) is 0 Å². The summed E-state index contributed by atoms with van der Waals surface area (Å²) in [5, 5.41) is 0. The van der Waals surface area contributed by atoms with Gasteiger partial charge < -0.3 is 0 Å². The Balaban J connectivity index is 3.64. The highest BCUT2D eigenvalue weighted by molar-refractivity contribution is 5.83. The van der Waals surface area contributed by atoms with Crippen LogP contribution < -0.4 is 0 Å². The van der Waals surface area contributed by atoms with Crippen molar-refractivity contribution in [1.82, 2.24) is 0 Å². The maximum absolute atomic E-state index is 4.02. The Bertz CT molecular complexity index is 164. The second-order valence-electron chi connectivity index (χ2n) is 2.41. The van der Waals surface area contributed by atoms with Crippen LogP contribution in [-0.2, 0) is 0 Å². The Labute approximate surface area is 63.2 Å². The van der Waals surface area contributed by atoms with Crippen LogP contribution in [-0.4, -0.2) is 12.8 Å². The third-order valence-corrected chi connectivity index (χ3v) is 1.20. The monoisotopic (exact) mass is 137 g/mol. The average molecular weight is 137 g/mol. The van der Waals surface area contributed by atoms with E-state index >= 15 is 0 Å². The lowest BCUT2D eigenvalue weighted by molar-refractivity contribution is 1.32. The second kappa shape index (κ2) is 4.98. The first-order valence-electron chi connectivity index (χ1n) is 3.41. The molecule has 1 heteroatoms. The minimum absolute atomic E-state index is 0.934. The summed E-state index contributed by atoms with van der Waals surface area (Å²) < 4.78 is 0. The standard InChI is InChI=1S/C9H15N/c1-8(2)6-5-7-9(3)10-4/h5-6H,1,7H2,2-4H3. The molecule has 0 saturated carbocycles. The summed E-state index contributed by atoms with van der Waals surface area (Å²) in [5.74, 6) is 0. The van der Waals surface area contributed by atoms with Crippen molar-refractivity contribution >= 4 is 5.71 Å². The number of hydrogen-bond donors (Lipinski definition) is 0. The number of rotatable bonds is 3. The molecule has 0 amide bonds. The molecule has 0 atom stereocenters. The molecule has 0 unspecified atom stereocenters. The van der Waals surface area contributed by atoms with E-state index in [9.17, 15) is 0 Å². The molecule has 0 heterocycles. The normalized spacial score (nSPS) is 12.5. The van der Waals surface area contributed by atoms with Crippen LogP contribution in [0, 0.1) is 0 Å². The molecule has 0 saturated heterocycles. The summed E-state index contributed by atoms with van der Waals surface area (Å²) in [6.45, 7) is 7.75. The molecule has 0 aromatic carbocycles. The van der Waals surface area contributed by atoms with Crippen molar-refractivity contribution in [2.24, 2.45) is 4.99 Å². The Morgan fingerprint density at radius 1 is 1.50 bits per heavy atom. The van der Waals surface area contributed by atoms with E-state index in [1.165, 1.54) is 0 Å². The Morgan fingerprint density at radius 3 is 2.50 bits per heavy atom. The van der Waals surface area contributed by atoms with Crippen LogP contribution in [0.4, 0.5) is 0 Å². The van der Waals surface area contributed by atoms with Gasteiger partial charge in [0.15, 0.2) is 0 Å². The van der Waals surface area contributed by atoms with E-state index in [0.29, 0.717) is 0 Å². The van der Waals surface area contributed by atoms with Gasteiger partial charge in [0.2, 0.25) is 0 Å². The first kappa shape index (κ1) is 9.15. The van der Waals surface area contributed by atoms with E-state index in [0.717, 1.165) is 17.7 Å². The van der Waals surface area contributed by atoms with E-state index in [1.807, 2.05) is 27.0 Å². The van der Waals surface area contributed by atoms with Crippen molar-refractivity contribution in [1.29, 1.82) is 0 Å². The molecule has 56 valence electrons. The van der Waals surface area contributed by atoms with Gasteiger partial charge in [0.05, 0.1) is 0 Å². The summed E-state index contributed by atoms with van der Waals surface area (Å²) in [7, 11) is 1.81. The summed E-state index contributed by atoms with van der Waals surface area (Å²) in [6.07, 6.45) is 5.02. The average Bonchev–Trinajstić information content (AvgIpc) is 1.87. The minimum Gasteiger partial charge on any atom is -0.297 e. The molecule has 0 spiro atoms. The maximum atomic E-state index is 4.02. The fourth-order valence-electron chi connectivity index (χ4n) is 0.522. The van der Waals surface area contributed by atoms with Crippen molar-refractivity contribution in [3.8, 4) is 0 Å². The second-order valence-corrected chi connectivity index (χ2v) is 2.41. The lowest BCUT2D eigenvalue weighted by atomic mass is 10.2. The number of allylic oxidation sites excluding steroid dienone is 3. The van der Waals surface area contributed by atoms with Gasteiger partial charge in [-0.05, 0) is 13.8 Å². The van der Waals surface area contributed by atoms with Gasteiger partial charge in [-0.1, -0.05) is 24.3 Å². The Hall–Kier alpha value is -0.850. The molecule has 0 aliphatic carbocycles. The molecule has 0 aliphatic heterocycles. The summed E-state index contributed by atoms with van der Waals surface area (Å²) in [5.41, 5.74) is 2.24. The van der Waals surface area contributed by atoms with Gasteiger partial charge >= 0.3 is 0 Å². The molecule has 0 aliphatic rings. The highest BCUT2D eigenvalue weighted by Gasteiger charge is 1.82. The van der Waals surface area contributed by atoms with Gasteiger partial charge in [-0.3, -0.25) is 4.99 Å². The summed E-state index contributed by atoms with van der Waals surface area (Å²) in [4.78, 5) is 4.02. The minimum atomic E-state index is 0.934. The molecule has 1 nitrogen and oxygen atoms in total. The molecular formula is C9H15N. The Kier molecular flexibility index (Phi) is 4.55. The number of nitrogens with zero attached hydrogens (tertiary/aromatic N) is 1. The van der Waals surface area contributed by atoms with Crippen LogP contribution >= 0.6 is 0 Å². The van der Waals surface area contributed by atoms with E-state index in [4.69, 9.17) is 0 Å². The van der Waals surface area contributed by atoms with Gasteiger partial charge in [0.25, 0.3) is 0 Å². The van der Waals surface area contributed by atoms with E-state index in [-0.39, 0.29) is 0 Å². The fraction of sp³-hybridized carbons (Fsp3) is 0.444. The van der Waals surface area contributed by atoms with Crippen LogP contribution in [0.15, 0.2) is 29.3 Å². The molecule has 0 aromatic rings. The molecule has 0 N–H and O–H groups in total. The van der Waals surface area contributed by atoms with Crippen LogP contribution in [0.3, 0.4) is 0 Å². The molecule has 0 fully saturated rings. The molecule has 0 rings (SSSR count). The molecule has 10 heavy (non-hydrogen) atoms. The van der Waals surface area contributed by atoms with Crippen molar-refractivity contribution in [2.45, 2.75) is 20.3 Å². The molecule has 0 aromatic heterocycles. The number of hydrogen-bond acceptors (Lipinski definition) is 1. The molecule has 0 radical (unpaired) electrons. The predicted octanol–water partition coefficient (Wildman–Crippen LogP) is 2.60. The zero-order valence-corrected chi connectivity index (χ0v) is 7.02. The quantitative estimate of drug-likeness (QED) is 0.419. The lowest BCUT2D eigenvalue weighted by Crippen LogP contribution is -1.85.